The first kappa shape index (κ1) is 18.8. The number of hydrogen-bond donors (Lipinski definition) is 1. The van der Waals surface area contributed by atoms with Crippen LogP contribution in [0.15, 0.2) is 60.8 Å². The number of amides is 1. The van der Waals surface area contributed by atoms with Crippen molar-refractivity contribution in [3.63, 3.8) is 0 Å². The van der Waals surface area contributed by atoms with Gasteiger partial charge in [0, 0.05) is 54.8 Å². The minimum absolute atomic E-state index is 0.181. The number of benzene rings is 2. The van der Waals surface area contributed by atoms with Crippen LogP contribution in [0.5, 0.6) is 0 Å². The Morgan fingerprint density at radius 1 is 1.07 bits per heavy atom. The molecule has 5 heteroatoms. The minimum atomic E-state index is 0.181. The fourth-order valence-electron chi connectivity index (χ4n) is 3.65. The van der Waals surface area contributed by atoms with Gasteiger partial charge in [0.2, 0.25) is 5.91 Å². The fraction of sp³-hybridized carbons (Fsp3) is 0.261. The number of H-pyrrole nitrogens is 1. The van der Waals surface area contributed by atoms with E-state index < -0.39 is 0 Å². The van der Waals surface area contributed by atoms with Gasteiger partial charge in [-0.2, -0.15) is 0 Å². The van der Waals surface area contributed by atoms with Crippen LogP contribution in [0, 0.1) is 0 Å². The van der Waals surface area contributed by atoms with Crippen molar-refractivity contribution in [1.82, 2.24) is 14.8 Å². The number of halogens is 1. The van der Waals surface area contributed by atoms with Crippen LogP contribution in [0.1, 0.15) is 11.1 Å². The Hall–Kier alpha value is -2.56. The molecule has 1 aliphatic heterocycles. The molecular weight excluding hydrogens is 370 g/mol. The molecule has 0 unspecified atom stereocenters. The average molecular weight is 394 g/mol. The quantitative estimate of drug-likeness (QED) is 0.704. The van der Waals surface area contributed by atoms with Crippen LogP contribution in [0.25, 0.3) is 17.0 Å². The van der Waals surface area contributed by atoms with Crippen LogP contribution in [0.2, 0.25) is 5.02 Å². The Kier molecular flexibility index (Phi) is 5.79. The molecule has 0 spiro atoms. The predicted octanol–water partition coefficient (Wildman–Crippen LogP) is 4.22. The summed E-state index contributed by atoms with van der Waals surface area (Å²) in [6.45, 7) is 4.29. The van der Waals surface area contributed by atoms with Crippen LogP contribution < -0.4 is 0 Å². The van der Waals surface area contributed by atoms with Gasteiger partial charge in [-0.15, -0.1) is 0 Å². The Morgan fingerprint density at radius 3 is 2.64 bits per heavy atom. The summed E-state index contributed by atoms with van der Waals surface area (Å²) in [4.78, 5) is 20.3. The third-order valence-electron chi connectivity index (χ3n) is 5.27. The van der Waals surface area contributed by atoms with E-state index in [2.05, 4.69) is 34.2 Å². The lowest BCUT2D eigenvalue weighted by atomic mass is 10.1. The van der Waals surface area contributed by atoms with Gasteiger partial charge in [-0.3, -0.25) is 9.69 Å². The molecule has 2 heterocycles. The summed E-state index contributed by atoms with van der Waals surface area (Å²) >= 11 is 6.11. The molecule has 0 atom stereocenters. The van der Waals surface area contributed by atoms with Crippen molar-refractivity contribution in [3.8, 4) is 0 Å². The molecule has 4 nitrogen and oxygen atoms in total. The SMILES string of the molecule is O=C(Cc1c[nH]c2ccc(Cl)cc12)N1CCN(C/C=C/c2ccccc2)CC1. The molecule has 0 radical (unpaired) electrons. The van der Waals surface area contributed by atoms with E-state index in [1.54, 1.807) is 0 Å². The summed E-state index contributed by atoms with van der Waals surface area (Å²) in [5.74, 6) is 0.181. The van der Waals surface area contributed by atoms with Gasteiger partial charge in [0.25, 0.3) is 0 Å². The van der Waals surface area contributed by atoms with Gasteiger partial charge in [-0.25, -0.2) is 0 Å². The third-order valence-corrected chi connectivity index (χ3v) is 5.50. The Morgan fingerprint density at radius 2 is 1.86 bits per heavy atom. The zero-order chi connectivity index (χ0) is 19.3. The molecule has 4 rings (SSSR count). The maximum atomic E-state index is 12.7. The van der Waals surface area contributed by atoms with Crippen molar-refractivity contribution in [1.29, 1.82) is 0 Å². The summed E-state index contributed by atoms with van der Waals surface area (Å²) in [5, 5.41) is 1.73. The molecular formula is C23H24ClN3O. The topological polar surface area (TPSA) is 39.3 Å². The standard InChI is InChI=1S/C23H24ClN3O/c24-20-8-9-22-21(16-20)19(17-25-22)15-23(28)27-13-11-26(12-14-27)10-4-7-18-5-2-1-3-6-18/h1-9,16-17,25H,10-15H2/b7-4+. The minimum Gasteiger partial charge on any atom is -0.361 e. The van der Waals surface area contributed by atoms with Gasteiger partial charge in [0.15, 0.2) is 0 Å². The molecule has 144 valence electrons. The van der Waals surface area contributed by atoms with Crippen molar-refractivity contribution in [3.05, 3.63) is 77.0 Å². The number of piperazine rings is 1. The average Bonchev–Trinajstić information content (AvgIpc) is 3.11. The van der Waals surface area contributed by atoms with Gasteiger partial charge in [-0.1, -0.05) is 54.1 Å². The number of hydrogen-bond acceptors (Lipinski definition) is 2. The first-order valence-corrected chi connectivity index (χ1v) is 10.0. The summed E-state index contributed by atoms with van der Waals surface area (Å²) in [6, 6.07) is 16.1. The Bertz CT molecular complexity index is 972. The number of aromatic amines is 1. The summed E-state index contributed by atoms with van der Waals surface area (Å²) in [5.41, 5.74) is 3.24. The molecule has 1 fully saturated rings. The fourth-order valence-corrected chi connectivity index (χ4v) is 3.83. The lowest BCUT2D eigenvalue weighted by Gasteiger charge is -2.34. The molecule has 2 aromatic carbocycles. The zero-order valence-electron chi connectivity index (χ0n) is 15.8. The molecule has 1 aromatic heterocycles. The highest BCUT2D eigenvalue weighted by Crippen LogP contribution is 2.23. The van der Waals surface area contributed by atoms with E-state index in [0.29, 0.717) is 11.4 Å². The van der Waals surface area contributed by atoms with E-state index in [0.717, 1.165) is 49.2 Å². The van der Waals surface area contributed by atoms with Gasteiger partial charge >= 0.3 is 0 Å². The molecule has 1 aliphatic rings. The summed E-state index contributed by atoms with van der Waals surface area (Å²) < 4.78 is 0. The number of nitrogens with one attached hydrogen (secondary N) is 1. The number of nitrogens with zero attached hydrogens (tertiary/aromatic N) is 2. The highest BCUT2D eigenvalue weighted by molar-refractivity contribution is 6.31. The van der Waals surface area contributed by atoms with Crippen molar-refractivity contribution in [2.75, 3.05) is 32.7 Å². The normalized spacial score (nSPS) is 15.5. The van der Waals surface area contributed by atoms with E-state index in [-0.39, 0.29) is 5.91 Å². The largest absolute Gasteiger partial charge is 0.361 e. The second kappa shape index (κ2) is 8.63. The first-order chi connectivity index (χ1) is 13.7. The van der Waals surface area contributed by atoms with Crippen molar-refractivity contribution in [2.24, 2.45) is 0 Å². The highest BCUT2D eigenvalue weighted by atomic mass is 35.5. The van der Waals surface area contributed by atoms with E-state index >= 15 is 0 Å². The van der Waals surface area contributed by atoms with E-state index in [9.17, 15) is 4.79 Å². The van der Waals surface area contributed by atoms with Crippen molar-refractivity contribution >= 4 is 34.5 Å². The number of fused-ring (bicyclic) bond motifs is 1. The number of rotatable bonds is 5. The molecule has 1 N–H and O–H groups in total. The summed E-state index contributed by atoms with van der Waals surface area (Å²) in [7, 11) is 0. The monoisotopic (exact) mass is 393 g/mol. The Balaban J connectivity index is 1.29. The molecule has 28 heavy (non-hydrogen) atoms. The molecule has 0 aliphatic carbocycles. The molecule has 0 saturated carbocycles. The zero-order valence-corrected chi connectivity index (χ0v) is 16.5. The van der Waals surface area contributed by atoms with Gasteiger partial charge in [-0.05, 0) is 29.3 Å². The van der Waals surface area contributed by atoms with Gasteiger partial charge in [0.1, 0.15) is 0 Å². The van der Waals surface area contributed by atoms with E-state index in [1.807, 2.05) is 47.5 Å². The first-order valence-electron chi connectivity index (χ1n) is 9.66. The smallest absolute Gasteiger partial charge is 0.227 e. The molecule has 3 aromatic rings. The predicted molar refractivity (Wildman–Crippen MR) is 116 cm³/mol. The number of carbonyl (C=O) groups excluding carboxylic acids is 1. The molecule has 1 amide bonds. The number of carbonyl (C=O) groups is 1. The maximum absolute atomic E-state index is 12.7. The van der Waals surface area contributed by atoms with Crippen LogP contribution in [-0.4, -0.2) is 53.4 Å². The third kappa shape index (κ3) is 4.46. The Labute approximate surface area is 170 Å². The van der Waals surface area contributed by atoms with Crippen LogP contribution >= 0.6 is 11.6 Å². The summed E-state index contributed by atoms with van der Waals surface area (Å²) in [6.07, 6.45) is 6.68. The van der Waals surface area contributed by atoms with Crippen LogP contribution in [-0.2, 0) is 11.2 Å². The lowest BCUT2D eigenvalue weighted by Crippen LogP contribution is -2.49. The van der Waals surface area contributed by atoms with E-state index in [1.165, 1.54) is 5.56 Å². The lowest BCUT2D eigenvalue weighted by molar-refractivity contribution is -0.132. The van der Waals surface area contributed by atoms with Crippen molar-refractivity contribution < 1.29 is 4.79 Å². The van der Waals surface area contributed by atoms with Gasteiger partial charge in [0.05, 0.1) is 6.42 Å². The molecule has 0 bridgehead atoms. The van der Waals surface area contributed by atoms with Gasteiger partial charge < -0.3 is 9.88 Å². The second-order valence-electron chi connectivity index (χ2n) is 7.18. The van der Waals surface area contributed by atoms with Crippen LogP contribution in [0.3, 0.4) is 0 Å². The molecule has 1 saturated heterocycles. The maximum Gasteiger partial charge on any atom is 0.227 e. The van der Waals surface area contributed by atoms with Crippen LogP contribution in [0.4, 0.5) is 0 Å². The highest BCUT2D eigenvalue weighted by Gasteiger charge is 2.21. The second-order valence-corrected chi connectivity index (χ2v) is 7.61. The number of aromatic nitrogens is 1. The van der Waals surface area contributed by atoms with E-state index in [4.69, 9.17) is 11.6 Å². The van der Waals surface area contributed by atoms with Crippen molar-refractivity contribution in [2.45, 2.75) is 6.42 Å².